The Bertz CT molecular complexity index is 841. The molecule has 1 aromatic carbocycles. The van der Waals surface area contributed by atoms with Crippen molar-refractivity contribution in [2.45, 2.75) is 53.6 Å². The van der Waals surface area contributed by atoms with Crippen molar-refractivity contribution in [3.05, 3.63) is 52.5 Å². The van der Waals surface area contributed by atoms with Gasteiger partial charge in [0.15, 0.2) is 0 Å². The van der Waals surface area contributed by atoms with Crippen molar-refractivity contribution in [2.75, 3.05) is 6.54 Å². The van der Waals surface area contributed by atoms with E-state index >= 15 is 0 Å². The van der Waals surface area contributed by atoms with Crippen molar-refractivity contribution in [2.24, 2.45) is 0 Å². The summed E-state index contributed by atoms with van der Waals surface area (Å²) in [5, 5.41) is 9.63. The van der Waals surface area contributed by atoms with Gasteiger partial charge in [-0.25, -0.2) is 0 Å². The lowest BCUT2D eigenvalue weighted by Crippen LogP contribution is -2.22. The molecule has 0 fully saturated rings. The smallest absolute Gasteiger partial charge is 0.0644 e. The van der Waals surface area contributed by atoms with Gasteiger partial charge >= 0.3 is 0 Å². The van der Waals surface area contributed by atoms with Crippen LogP contribution < -0.4 is 5.32 Å². The minimum atomic E-state index is 0.317. The van der Waals surface area contributed by atoms with E-state index in [1.165, 1.54) is 33.3 Å². The minimum Gasteiger partial charge on any atom is -0.361 e. The van der Waals surface area contributed by atoms with Crippen LogP contribution in [-0.4, -0.2) is 21.3 Å². The highest BCUT2D eigenvalue weighted by atomic mass is 15.3. The largest absolute Gasteiger partial charge is 0.361 e. The van der Waals surface area contributed by atoms with Crippen molar-refractivity contribution in [1.82, 2.24) is 20.1 Å². The molecule has 0 amide bonds. The fourth-order valence-electron chi connectivity index (χ4n) is 3.68. The Hall–Kier alpha value is -2.07. The highest BCUT2D eigenvalue weighted by molar-refractivity contribution is 5.83. The van der Waals surface area contributed by atoms with Gasteiger partial charge in [-0.3, -0.25) is 4.68 Å². The number of hydrogen-bond donors (Lipinski definition) is 2. The Kier molecular flexibility index (Phi) is 4.76. The minimum absolute atomic E-state index is 0.317. The zero-order valence-corrected chi connectivity index (χ0v) is 15.4. The second-order valence-corrected chi connectivity index (χ2v) is 6.69. The van der Waals surface area contributed by atoms with Crippen LogP contribution in [0.2, 0.25) is 0 Å². The van der Waals surface area contributed by atoms with E-state index in [4.69, 9.17) is 0 Å². The molecule has 4 heteroatoms. The van der Waals surface area contributed by atoms with Gasteiger partial charge in [-0.05, 0) is 64.8 Å². The number of fused-ring (bicyclic) bond motifs is 1. The van der Waals surface area contributed by atoms with Gasteiger partial charge in [-0.1, -0.05) is 12.1 Å². The van der Waals surface area contributed by atoms with Crippen LogP contribution in [0.1, 0.15) is 48.0 Å². The third-order valence-corrected chi connectivity index (χ3v) is 4.94. The van der Waals surface area contributed by atoms with Gasteiger partial charge in [0.05, 0.1) is 5.69 Å². The van der Waals surface area contributed by atoms with Crippen LogP contribution in [0.5, 0.6) is 0 Å². The molecule has 0 aliphatic heterocycles. The molecule has 3 rings (SSSR count). The van der Waals surface area contributed by atoms with Gasteiger partial charge in [0.25, 0.3) is 0 Å². The maximum absolute atomic E-state index is 4.63. The molecule has 0 unspecified atom stereocenters. The molecule has 0 saturated heterocycles. The molecule has 128 valence electrons. The zero-order chi connectivity index (χ0) is 17.3. The monoisotopic (exact) mass is 324 g/mol. The van der Waals surface area contributed by atoms with Crippen LogP contribution in [0.15, 0.2) is 24.4 Å². The number of benzene rings is 1. The van der Waals surface area contributed by atoms with Gasteiger partial charge < -0.3 is 10.3 Å². The standard InChI is InChI=1S/C20H28N4/c1-6-24-16(5)20(15(4)23-24)14(3)21-10-9-17-12-22-19-11-13(2)7-8-18(17)19/h7-8,11-12,14,21-22H,6,9-10H2,1-5H3/t14-/m0/s1. The van der Waals surface area contributed by atoms with Gasteiger partial charge in [0.2, 0.25) is 0 Å². The van der Waals surface area contributed by atoms with E-state index < -0.39 is 0 Å². The number of rotatable bonds is 6. The molecule has 2 N–H and O–H groups in total. The second kappa shape index (κ2) is 6.81. The van der Waals surface area contributed by atoms with Gasteiger partial charge in [0.1, 0.15) is 0 Å². The first kappa shape index (κ1) is 16.8. The number of nitrogens with zero attached hydrogens (tertiary/aromatic N) is 2. The quantitative estimate of drug-likeness (QED) is 0.714. The first-order valence-corrected chi connectivity index (χ1v) is 8.85. The molecule has 0 saturated carbocycles. The fourth-order valence-corrected chi connectivity index (χ4v) is 3.68. The Morgan fingerprint density at radius 1 is 1.25 bits per heavy atom. The summed E-state index contributed by atoms with van der Waals surface area (Å²) in [4.78, 5) is 3.39. The van der Waals surface area contributed by atoms with Crippen molar-refractivity contribution in [1.29, 1.82) is 0 Å². The molecule has 2 heterocycles. The second-order valence-electron chi connectivity index (χ2n) is 6.69. The van der Waals surface area contributed by atoms with Crippen molar-refractivity contribution < 1.29 is 0 Å². The third kappa shape index (κ3) is 3.11. The summed E-state index contributed by atoms with van der Waals surface area (Å²) in [6, 6.07) is 6.93. The lowest BCUT2D eigenvalue weighted by molar-refractivity contribution is 0.569. The Morgan fingerprint density at radius 2 is 2.04 bits per heavy atom. The summed E-state index contributed by atoms with van der Waals surface area (Å²) >= 11 is 0. The van der Waals surface area contributed by atoms with Crippen molar-refractivity contribution in [3.8, 4) is 0 Å². The van der Waals surface area contributed by atoms with Gasteiger partial charge in [0, 0.05) is 40.9 Å². The van der Waals surface area contributed by atoms with E-state index in [9.17, 15) is 0 Å². The lowest BCUT2D eigenvalue weighted by atomic mass is 10.1. The summed E-state index contributed by atoms with van der Waals surface area (Å²) < 4.78 is 2.09. The molecule has 4 nitrogen and oxygen atoms in total. The van der Waals surface area contributed by atoms with Crippen LogP contribution in [0.4, 0.5) is 0 Å². The Morgan fingerprint density at radius 3 is 2.75 bits per heavy atom. The molecule has 2 aromatic heterocycles. The number of aromatic nitrogens is 3. The lowest BCUT2D eigenvalue weighted by Gasteiger charge is -2.15. The van der Waals surface area contributed by atoms with E-state index in [1.54, 1.807) is 0 Å². The first-order chi connectivity index (χ1) is 11.5. The molecule has 0 radical (unpaired) electrons. The summed E-state index contributed by atoms with van der Waals surface area (Å²) in [5.74, 6) is 0. The molecule has 0 spiro atoms. The number of nitrogens with one attached hydrogen (secondary N) is 2. The highest BCUT2D eigenvalue weighted by Crippen LogP contribution is 2.22. The van der Waals surface area contributed by atoms with Crippen LogP contribution >= 0.6 is 0 Å². The highest BCUT2D eigenvalue weighted by Gasteiger charge is 2.16. The summed E-state index contributed by atoms with van der Waals surface area (Å²) in [7, 11) is 0. The average Bonchev–Trinajstić information content (AvgIpc) is 3.07. The molecular weight excluding hydrogens is 296 g/mol. The van der Waals surface area contributed by atoms with Crippen molar-refractivity contribution in [3.63, 3.8) is 0 Å². The number of aryl methyl sites for hydroxylation is 3. The summed E-state index contributed by atoms with van der Waals surface area (Å²) in [5.41, 5.74) is 7.65. The molecule has 0 bridgehead atoms. The fraction of sp³-hybridized carbons (Fsp3) is 0.450. The maximum Gasteiger partial charge on any atom is 0.0644 e. The number of H-pyrrole nitrogens is 1. The maximum atomic E-state index is 4.63. The normalized spacial score (nSPS) is 12.9. The zero-order valence-electron chi connectivity index (χ0n) is 15.4. The number of hydrogen-bond acceptors (Lipinski definition) is 2. The van der Waals surface area contributed by atoms with E-state index in [0.717, 1.165) is 25.2 Å². The molecule has 3 aromatic rings. The molecule has 0 aliphatic rings. The van der Waals surface area contributed by atoms with Crippen LogP contribution in [0.3, 0.4) is 0 Å². The van der Waals surface area contributed by atoms with E-state index in [2.05, 4.69) is 79.1 Å². The summed E-state index contributed by atoms with van der Waals surface area (Å²) in [6.45, 7) is 12.7. The van der Waals surface area contributed by atoms with Gasteiger partial charge in [-0.2, -0.15) is 5.10 Å². The van der Waals surface area contributed by atoms with Crippen molar-refractivity contribution >= 4 is 10.9 Å². The first-order valence-electron chi connectivity index (χ1n) is 8.85. The molecule has 24 heavy (non-hydrogen) atoms. The van der Waals surface area contributed by atoms with E-state index in [-0.39, 0.29) is 0 Å². The predicted octanol–water partition coefficient (Wildman–Crippen LogP) is 4.20. The average molecular weight is 324 g/mol. The van der Waals surface area contributed by atoms with Gasteiger partial charge in [-0.15, -0.1) is 0 Å². The SMILES string of the molecule is CCn1nc(C)c([C@H](C)NCCc2c[nH]c3cc(C)ccc23)c1C. The van der Waals surface area contributed by atoms with E-state index in [0.29, 0.717) is 6.04 Å². The van der Waals surface area contributed by atoms with Crippen LogP contribution in [-0.2, 0) is 13.0 Å². The molecule has 0 aliphatic carbocycles. The molecule has 1 atom stereocenters. The molecular formula is C20H28N4. The summed E-state index contributed by atoms with van der Waals surface area (Å²) in [6.07, 6.45) is 3.16. The van der Waals surface area contributed by atoms with Crippen LogP contribution in [0, 0.1) is 20.8 Å². The predicted molar refractivity (Wildman–Crippen MR) is 101 cm³/mol. The van der Waals surface area contributed by atoms with E-state index in [1.807, 2.05) is 0 Å². The number of aromatic amines is 1. The Labute approximate surface area is 144 Å². The third-order valence-electron chi connectivity index (χ3n) is 4.94. The topological polar surface area (TPSA) is 45.6 Å². The Balaban J connectivity index is 1.66. The van der Waals surface area contributed by atoms with Crippen LogP contribution in [0.25, 0.3) is 10.9 Å².